The molecule has 0 aliphatic rings. The minimum absolute atomic E-state index is 0.359. The molecule has 2 rings (SSSR count). The molecule has 0 atom stereocenters. The molecule has 0 saturated heterocycles. The lowest BCUT2D eigenvalue weighted by molar-refractivity contribution is 0.168. The van der Waals surface area contributed by atoms with Crippen molar-refractivity contribution < 1.29 is 9.53 Å². The van der Waals surface area contributed by atoms with E-state index in [1.165, 1.54) is 11.1 Å². The van der Waals surface area contributed by atoms with Crippen molar-refractivity contribution in [3.63, 3.8) is 0 Å². The van der Waals surface area contributed by atoms with Gasteiger partial charge in [0.1, 0.15) is 0 Å². The second-order valence-electron chi connectivity index (χ2n) is 4.80. The lowest BCUT2D eigenvalue weighted by Crippen LogP contribution is -2.13. The van der Waals surface area contributed by atoms with E-state index in [0.717, 1.165) is 11.4 Å². The summed E-state index contributed by atoms with van der Waals surface area (Å²) in [7, 11) is 0. The lowest BCUT2D eigenvalue weighted by Gasteiger charge is -2.12. The van der Waals surface area contributed by atoms with Crippen LogP contribution in [0.2, 0.25) is 0 Å². The summed E-state index contributed by atoms with van der Waals surface area (Å²) in [6.07, 6.45) is -0.437. The molecule has 0 unspecified atom stereocenters. The van der Waals surface area contributed by atoms with Crippen molar-refractivity contribution in [2.24, 2.45) is 0 Å². The van der Waals surface area contributed by atoms with Crippen LogP contribution in [0, 0.1) is 13.8 Å². The predicted molar refractivity (Wildman–Crippen MR) is 86.3 cm³/mol. The first-order valence-corrected chi connectivity index (χ1v) is 6.97. The molecule has 1 amide bonds. The van der Waals surface area contributed by atoms with Gasteiger partial charge < -0.3 is 10.1 Å². The Balaban J connectivity index is 2.05. The molecule has 2 aromatic rings. The minimum atomic E-state index is -0.437. The smallest absolute Gasteiger partial charge is 0.411 e. The van der Waals surface area contributed by atoms with Crippen LogP contribution in [0.15, 0.2) is 42.5 Å². The van der Waals surface area contributed by atoms with E-state index in [2.05, 4.69) is 30.5 Å². The molecular weight excluding hydrogens is 264 g/mol. The Labute approximate surface area is 125 Å². The van der Waals surface area contributed by atoms with E-state index < -0.39 is 6.09 Å². The van der Waals surface area contributed by atoms with Crippen LogP contribution >= 0.6 is 0 Å². The van der Waals surface area contributed by atoms with Gasteiger partial charge in [-0.3, -0.25) is 5.32 Å². The van der Waals surface area contributed by atoms with Gasteiger partial charge in [-0.25, -0.2) is 4.79 Å². The molecule has 21 heavy (non-hydrogen) atoms. The van der Waals surface area contributed by atoms with Crippen LogP contribution in [-0.2, 0) is 4.74 Å². The number of carbonyl (C=O) groups is 1. The second kappa shape index (κ2) is 6.79. The number of anilines is 3. The van der Waals surface area contributed by atoms with Crippen molar-refractivity contribution in [2.75, 3.05) is 17.2 Å². The van der Waals surface area contributed by atoms with Gasteiger partial charge in [-0.1, -0.05) is 12.1 Å². The van der Waals surface area contributed by atoms with Gasteiger partial charge in [-0.15, -0.1) is 0 Å². The molecule has 4 nitrogen and oxygen atoms in total. The van der Waals surface area contributed by atoms with E-state index >= 15 is 0 Å². The maximum atomic E-state index is 11.3. The summed E-state index contributed by atoms with van der Waals surface area (Å²) in [6, 6.07) is 13.7. The van der Waals surface area contributed by atoms with Crippen LogP contribution in [0.5, 0.6) is 0 Å². The summed E-state index contributed by atoms with van der Waals surface area (Å²) in [5.74, 6) is 0. The summed E-state index contributed by atoms with van der Waals surface area (Å²) in [4.78, 5) is 11.3. The fourth-order valence-electron chi connectivity index (χ4n) is 1.96. The summed E-state index contributed by atoms with van der Waals surface area (Å²) >= 11 is 0. The predicted octanol–water partition coefficient (Wildman–Crippen LogP) is 4.62. The Hall–Kier alpha value is -2.49. The largest absolute Gasteiger partial charge is 0.450 e. The number of hydrogen-bond donors (Lipinski definition) is 2. The fourth-order valence-corrected chi connectivity index (χ4v) is 1.96. The average molecular weight is 284 g/mol. The normalized spacial score (nSPS) is 10.0. The number of nitrogens with one attached hydrogen (secondary N) is 2. The standard InChI is InChI=1S/C17H20N2O2/c1-4-21-17(20)19-15-10-8-14(9-11-15)18-16-7-5-6-12(2)13(16)3/h5-11,18H,4H2,1-3H3,(H,19,20). The lowest BCUT2D eigenvalue weighted by atomic mass is 10.1. The van der Waals surface area contributed by atoms with Crippen LogP contribution in [0.4, 0.5) is 21.9 Å². The molecule has 2 N–H and O–H groups in total. The highest BCUT2D eigenvalue weighted by molar-refractivity contribution is 5.85. The summed E-state index contributed by atoms with van der Waals surface area (Å²) in [5.41, 5.74) is 5.24. The monoisotopic (exact) mass is 284 g/mol. The fraction of sp³-hybridized carbons (Fsp3) is 0.235. The number of hydrogen-bond acceptors (Lipinski definition) is 3. The number of ether oxygens (including phenoxy) is 1. The number of aryl methyl sites for hydroxylation is 1. The third kappa shape index (κ3) is 3.99. The average Bonchev–Trinajstić information content (AvgIpc) is 2.46. The van der Waals surface area contributed by atoms with Gasteiger partial charge in [0.15, 0.2) is 0 Å². The van der Waals surface area contributed by atoms with Crippen LogP contribution < -0.4 is 10.6 Å². The number of carbonyl (C=O) groups excluding carboxylic acids is 1. The Bertz CT molecular complexity index is 621. The third-order valence-electron chi connectivity index (χ3n) is 3.29. The highest BCUT2D eigenvalue weighted by Gasteiger charge is 2.03. The topological polar surface area (TPSA) is 50.4 Å². The van der Waals surface area contributed by atoms with Crippen LogP contribution in [0.25, 0.3) is 0 Å². The highest BCUT2D eigenvalue weighted by atomic mass is 16.5. The van der Waals surface area contributed by atoms with Crippen molar-refractivity contribution >= 4 is 23.2 Å². The zero-order valence-electron chi connectivity index (χ0n) is 12.6. The van der Waals surface area contributed by atoms with Gasteiger partial charge in [0, 0.05) is 17.1 Å². The maximum absolute atomic E-state index is 11.3. The molecule has 0 aliphatic carbocycles. The molecule has 2 aromatic carbocycles. The highest BCUT2D eigenvalue weighted by Crippen LogP contribution is 2.23. The minimum Gasteiger partial charge on any atom is -0.450 e. The van der Waals surface area contributed by atoms with E-state index in [4.69, 9.17) is 4.74 Å². The molecular formula is C17H20N2O2. The molecule has 0 radical (unpaired) electrons. The first-order valence-electron chi connectivity index (χ1n) is 6.97. The van der Waals surface area contributed by atoms with Crippen molar-refractivity contribution in [1.29, 1.82) is 0 Å². The number of benzene rings is 2. The first kappa shape index (κ1) is 14.9. The SMILES string of the molecule is CCOC(=O)Nc1ccc(Nc2cccc(C)c2C)cc1. The van der Waals surface area contributed by atoms with Gasteiger partial charge in [0.25, 0.3) is 0 Å². The molecule has 0 aromatic heterocycles. The Kier molecular flexibility index (Phi) is 4.82. The van der Waals surface area contributed by atoms with Crippen molar-refractivity contribution in [1.82, 2.24) is 0 Å². The van der Waals surface area contributed by atoms with Gasteiger partial charge in [-0.2, -0.15) is 0 Å². The van der Waals surface area contributed by atoms with E-state index in [-0.39, 0.29) is 0 Å². The Morgan fingerprint density at radius 3 is 2.38 bits per heavy atom. The molecule has 0 saturated carbocycles. The zero-order valence-corrected chi connectivity index (χ0v) is 12.6. The van der Waals surface area contributed by atoms with Crippen molar-refractivity contribution in [3.8, 4) is 0 Å². The molecule has 0 heterocycles. The van der Waals surface area contributed by atoms with Crippen LogP contribution in [-0.4, -0.2) is 12.7 Å². The van der Waals surface area contributed by atoms with Crippen LogP contribution in [0.1, 0.15) is 18.1 Å². The van der Waals surface area contributed by atoms with Gasteiger partial charge in [-0.05, 0) is 62.2 Å². The van der Waals surface area contributed by atoms with Gasteiger partial charge in [0.2, 0.25) is 0 Å². The van der Waals surface area contributed by atoms with E-state index in [0.29, 0.717) is 12.3 Å². The van der Waals surface area contributed by atoms with Crippen molar-refractivity contribution in [3.05, 3.63) is 53.6 Å². The molecule has 0 spiro atoms. The summed E-state index contributed by atoms with van der Waals surface area (Å²) in [5, 5.41) is 6.04. The van der Waals surface area contributed by atoms with E-state index in [1.54, 1.807) is 6.92 Å². The number of rotatable bonds is 4. The summed E-state index contributed by atoms with van der Waals surface area (Å²) < 4.78 is 4.83. The zero-order chi connectivity index (χ0) is 15.2. The second-order valence-corrected chi connectivity index (χ2v) is 4.80. The third-order valence-corrected chi connectivity index (χ3v) is 3.29. The van der Waals surface area contributed by atoms with Crippen LogP contribution in [0.3, 0.4) is 0 Å². The van der Waals surface area contributed by atoms with Gasteiger partial charge >= 0.3 is 6.09 Å². The van der Waals surface area contributed by atoms with Gasteiger partial charge in [0.05, 0.1) is 6.61 Å². The molecule has 0 aliphatic heterocycles. The molecule has 110 valence electrons. The Morgan fingerprint density at radius 1 is 1.05 bits per heavy atom. The molecule has 0 bridgehead atoms. The van der Waals surface area contributed by atoms with E-state index in [1.807, 2.05) is 36.4 Å². The Morgan fingerprint density at radius 2 is 1.71 bits per heavy atom. The van der Waals surface area contributed by atoms with Crippen molar-refractivity contribution in [2.45, 2.75) is 20.8 Å². The number of amides is 1. The summed E-state index contributed by atoms with van der Waals surface area (Å²) in [6.45, 7) is 6.32. The quantitative estimate of drug-likeness (QED) is 0.861. The molecule has 4 heteroatoms. The first-order chi connectivity index (χ1) is 10.1. The maximum Gasteiger partial charge on any atom is 0.411 e. The molecule has 0 fully saturated rings. The van der Waals surface area contributed by atoms with E-state index in [9.17, 15) is 4.79 Å².